The Morgan fingerprint density at radius 2 is 2.05 bits per heavy atom. The molecule has 2 atom stereocenters. The average Bonchev–Trinajstić information content (AvgIpc) is 2.65. The summed E-state index contributed by atoms with van der Waals surface area (Å²) in [5, 5.41) is 14.0. The monoisotopic (exact) mass is 345 g/mol. The zero-order valence-corrected chi connectivity index (χ0v) is 12.8. The maximum atomic E-state index is 12.2. The highest BCUT2D eigenvalue weighted by atomic mass is 79.9. The van der Waals surface area contributed by atoms with Crippen LogP contribution < -0.4 is 5.32 Å². The predicted molar refractivity (Wildman–Crippen MR) is 77.5 cm³/mol. The van der Waals surface area contributed by atoms with Crippen molar-refractivity contribution in [1.29, 1.82) is 0 Å². The van der Waals surface area contributed by atoms with Gasteiger partial charge in [0.05, 0.1) is 5.92 Å². The lowest BCUT2D eigenvalue weighted by atomic mass is 9.95. The van der Waals surface area contributed by atoms with E-state index in [2.05, 4.69) is 21.2 Å². The summed E-state index contributed by atoms with van der Waals surface area (Å²) in [5.74, 6) is -1.46. The second kappa shape index (κ2) is 6.52. The van der Waals surface area contributed by atoms with Crippen LogP contribution in [0.3, 0.4) is 0 Å². The standard InChI is InChI=1S/C13H16BrNO3S/c14-9-6-7-19-11(9)12(16)15-10-5-3-1-2-4-8(10)13(17)18/h6-8,10H,1-5H2,(H,15,16)(H,17,18). The molecule has 0 spiro atoms. The number of hydrogen-bond acceptors (Lipinski definition) is 3. The molecule has 104 valence electrons. The molecule has 1 aliphatic carbocycles. The number of carboxylic acids is 1. The molecule has 6 heteroatoms. The van der Waals surface area contributed by atoms with Crippen LogP contribution >= 0.6 is 27.3 Å². The third kappa shape index (κ3) is 3.57. The van der Waals surface area contributed by atoms with Crippen LogP contribution in [0, 0.1) is 5.92 Å². The van der Waals surface area contributed by atoms with Crippen LogP contribution in [0.4, 0.5) is 0 Å². The molecule has 1 aliphatic rings. The van der Waals surface area contributed by atoms with Crippen molar-refractivity contribution in [3.63, 3.8) is 0 Å². The number of hydrogen-bond donors (Lipinski definition) is 2. The first-order valence-electron chi connectivity index (χ1n) is 6.36. The third-order valence-electron chi connectivity index (χ3n) is 3.47. The van der Waals surface area contributed by atoms with Crippen molar-refractivity contribution < 1.29 is 14.7 Å². The highest BCUT2D eigenvalue weighted by molar-refractivity contribution is 9.10. The molecule has 1 heterocycles. The topological polar surface area (TPSA) is 66.4 Å². The fraction of sp³-hybridized carbons (Fsp3) is 0.538. The smallest absolute Gasteiger partial charge is 0.308 e. The molecular formula is C13H16BrNO3S. The molecular weight excluding hydrogens is 330 g/mol. The fourth-order valence-corrected chi connectivity index (χ4v) is 3.92. The average molecular weight is 346 g/mol. The Balaban J connectivity index is 2.08. The Bertz CT molecular complexity index is 474. The largest absolute Gasteiger partial charge is 0.481 e. The van der Waals surface area contributed by atoms with E-state index in [1.165, 1.54) is 11.3 Å². The lowest BCUT2D eigenvalue weighted by Crippen LogP contribution is -2.42. The van der Waals surface area contributed by atoms with Crippen LogP contribution in [0.1, 0.15) is 41.8 Å². The molecule has 2 rings (SSSR count). The Hall–Kier alpha value is -0.880. The van der Waals surface area contributed by atoms with E-state index < -0.39 is 11.9 Å². The van der Waals surface area contributed by atoms with Crippen molar-refractivity contribution in [1.82, 2.24) is 5.32 Å². The van der Waals surface area contributed by atoms with Gasteiger partial charge in [-0.2, -0.15) is 0 Å². The number of nitrogens with one attached hydrogen (secondary N) is 1. The summed E-state index contributed by atoms with van der Waals surface area (Å²) in [6, 6.07) is 1.56. The minimum Gasteiger partial charge on any atom is -0.481 e. The number of rotatable bonds is 3. The van der Waals surface area contributed by atoms with Gasteiger partial charge in [0, 0.05) is 10.5 Å². The summed E-state index contributed by atoms with van der Waals surface area (Å²) in [4.78, 5) is 24.1. The van der Waals surface area contributed by atoms with Crippen molar-refractivity contribution in [2.75, 3.05) is 0 Å². The van der Waals surface area contributed by atoms with Crippen LogP contribution in [0.25, 0.3) is 0 Å². The highest BCUT2D eigenvalue weighted by Gasteiger charge is 2.31. The molecule has 19 heavy (non-hydrogen) atoms. The number of carboxylic acid groups (broad SMARTS) is 1. The van der Waals surface area contributed by atoms with Crippen LogP contribution in [-0.2, 0) is 4.79 Å². The molecule has 4 nitrogen and oxygen atoms in total. The molecule has 1 amide bonds. The van der Waals surface area contributed by atoms with Gasteiger partial charge in [-0.05, 0) is 40.2 Å². The van der Waals surface area contributed by atoms with Gasteiger partial charge >= 0.3 is 5.97 Å². The number of amides is 1. The molecule has 0 radical (unpaired) electrons. The first-order chi connectivity index (χ1) is 9.09. The van der Waals surface area contributed by atoms with Crippen LogP contribution in [0.2, 0.25) is 0 Å². The molecule has 1 aromatic heterocycles. The summed E-state index contributed by atoms with van der Waals surface area (Å²) >= 11 is 4.68. The lowest BCUT2D eigenvalue weighted by molar-refractivity contribution is -0.142. The summed E-state index contributed by atoms with van der Waals surface area (Å²) < 4.78 is 0.760. The normalized spacial score (nSPS) is 23.6. The van der Waals surface area contributed by atoms with E-state index in [1.54, 1.807) is 0 Å². The molecule has 0 aromatic carbocycles. The van der Waals surface area contributed by atoms with Gasteiger partial charge in [-0.3, -0.25) is 9.59 Å². The number of carbonyl (C=O) groups excluding carboxylic acids is 1. The van der Waals surface area contributed by atoms with Crippen LogP contribution in [-0.4, -0.2) is 23.0 Å². The molecule has 0 aliphatic heterocycles. The Labute approximate surface area is 124 Å². The number of halogens is 1. The van der Waals surface area contributed by atoms with Crippen LogP contribution in [0.15, 0.2) is 15.9 Å². The van der Waals surface area contributed by atoms with Crippen LogP contribution in [0.5, 0.6) is 0 Å². The fourth-order valence-electron chi connectivity index (χ4n) is 2.47. The van der Waals surface area contributed by atoms with E-state index in [4.69, 9.17) is 0 Å². The number of thiophene rings is 1. The van der Waals surface area contributed by atoms with Crippen molar-refractivity contribution in [2.45, 2.75) is 38.1 Å². The van der Waals surface area contributed by atoms with E-state index in [-0.39, 0.29) is 11.9 Å². The van der Waals surface area contributed by atoms with Crippen molar-refractivity contribution in [2.24, 2.45) is 5.92 Å². The van der Waals surface area contributed by atoms with Gasteiger partial charge in [-0.1, -0.05) is 19.3 Å². The van der Waals surface area contributed by atoms with Gasteiger partial charge in [0.15, 0.2) is 0 Å². The second-order valence-electron chi connectivity index (χ2n) is 4.76. The molecule has 1 saturated carbocycles. The SMILES string of the molecule is O=C(NC1CCCCCC1C(=O)O)c1sccc1Br. The summed E-state index contributed by atoms with van der Waals surface area (Å²) in [7, 11) is 0. The third-order valence-corrected chi connectivity index (χ3v) is 5.31. The van der Waals surface area contributed by atoms with E-state index >= 15 is 0 Å². The Morgan fingerprint density at radius 1 is 1.32 bits per heavy atom. The van der Waals surface area contributed by atoms with E-state index in [0.29, 0.717) is 11.3 Å². The first-order valence-corrected chi connectivity index (χ1v) is 8.03. The van der Waals surface area contributed by atoms with Crippen molar-refractivity contribution in [3.8, 4) is 0 Å². The Kier molecular flexibility index (Phi) is 4.99. The molecule has 0 saturated heterocycles. The van der Waals surface area contributed by atoms with Gasteiger partial charge in [0.2, 0.25) is 0 Å². The van der Waals surface area contributed by atoms with Gasteiger partial charge in [-0.25, -0.2) is 0 Å². The quantitative estimate of drug-likeness (QED) is 0.826. The highest BCUT2D eigenvalue weighted by Crippen LogP contribution is 2.26. The minimum absolute atomic E-state index is 0.181. The maximum Gasteiger partial charge on any atom is 0.308 e. The van der Waals surface area contributed by atoms with Gasteiger partial charge < -0.3 is 10.4 Å². The summed E-state index contributed by atoms with van der Waals surface area (Å²) in [6.45, 7) is 0. The molecule has 1 aromatic rings. The molecule has 2 unspecified atom stereocenters. The first kappa shape index (κ1) is 14.5. The number of carbonyl (C=O) groups is 2. The molecule has 0 bridgehead atoms. The predicted octanol–water partition coefficient (Wildman–Crippen LogP) is 3.27. The molecule has 2 N–H and O–H groups in total. The van der Waals surface area contributed by atoms with E-state index in [1.807, 2.05) is 11.4 Å². The maximum absolute atomic E-state index is 12.2. The Morgan fingerprint density at radius 3 is 2.68 bits per heavy atom. The minimum atomic E-state index is -0.808. The second-order valence-corrected chi connectivity index (χ2v) is 6.53. The van der Waals surface area contributed by atoms with Crippen molar-refractivity contribution >= 4 is 39.1 Å². The zero-order chi connectivity index (χ0) is 13.8. The lowest BCUT2D eigenvalue weighted by Gasteiger charge is -2.22. The van der Waals surface area contributed by atoms with Gasteiger partial charge in [0.1, 0.15) is 4.88 Å². The van der Waals surface area contributed by atoms with E-state index in [9.17, 15) is 14.7 Å². The van der Waals surface area contributed by atoms with Crippen molar-refractivity contribution in [3.05, 3.63) is 20.8 Å². The number of aliphatic carboxylic acids is 1. The van der Waals surface area contributed by atoms with Gasteiger partial charge in [-0.15, -0.1) is 11.3 Å². The molecule has 1 fully saturated rings. The van der Waals surface area contributed by atoms with Gasteiger partial charge in [0.25, 0.3) is 5.91 Å². The van der Waals surface area contributed by atoms with E-state index in [0.717, 1.165) is 30.2 Å². The zero-order valence-electron chi connectivity index (χ0n) is 10.4. The summed E-state index contributed by atoms with van der Waals surface area (Å²) in [5.41, 5.74) is 0. The summed E-state index contributed by atoms with van der Waals surface area (Å²) in [6.07, 6.45) is 4.32.